The molecule has 0 amide bonds. The zero-order chi connectivity index (χ0) is 23.9. The van der Waals surface area contributed by atoms with Crippen LogP contribution in [0, 0.1) is 0 Å². The van der Waals surface area contributed by atoms with Gasteiger partial charge in [0.15, 0.2) is 5.65 Å². The number of nitrogens with one attached hydrogen (secondary N) is 2. The molecule has 1 aliphatic rings. The monoisotopic (exact) mass is 480 g/mol. The lowest BCUT2D eigenvalue weighted by Gasteiger charge is -2.23. The second-order valence-electron chi connectivity index (χ2n) is 8.74. The van der Waals surface area contributed by atoms with Crippen LogP contribution < -0.4 is 10.6 Å². The van der Waals surface area contributed by atoms with E-state index in [9.17, 15) is 8.42 Å². The number of benzene rings is 1. The molecule has 178 valence electrons. The van der Waals surface area contributed by atoms with E-state index in [0.717, 1.165) is 59.9 Å². The van der Waals surface area contributed by atoms with Crippen molar-refractivity contribution in [2.24, 2.45) is 7.05 Å². The lowest BCUT2D eigenvalue weighted by atomic mass is 9.96. The van der Waals surface area contributed by atoms with Crippen molar-refractivity contribution in [3.05, 3.63) is 54.6 Å². The summed E-state index contributed by atoms with van der Waals surface area (Å²) in [5, 5.41) is 15.8. The molecule has 10 nitrogen and oxygen atoms in total. The maximum Gasteiger partial charge on any atom is 0.242 e. The van der Waals surface area contributed by atoms with Gasteiger partial charge in [-0.25, -0.2) is 17.7 Å². The number of sulfonamides is 1. The highest BCUT2D eigenvalue weighted by atomic mass is 32.2. The Bertz CT molecular complexity index is 1420. The number of aryl methyl sites for hydroxylation is 1. The largest absolute Gasteiger partial charge is 0.340 e. The van der Waals surface area contributed by atoms with Crippen molar-refractivity contribution >= 4 is 27.2 Å². The average molecular weight is 481 g/mol. The molecule has 11 heteroatoms. The summed E-state index contributed by atoms with van der Waals surface area (Å²) < 4.78 is 29.6. The molecule has 1 unspecified atom stereocenters. The number of anilines is 2. The average Bonchev–Trinajstić information content (AvgIpc) is 3.46. The number of fused-ring (bicyclic) bond motifs is 1. The lowest BCUT2D eigenvalue weighted by Crippen LogP contribution is -2.29. The molecule has 0 bridgehead atoms. The van der Waals surface area contributed by atoms with E-state index in [0.29, 0.717) is 5.92 Å². The maximum atomic E-state index is 12.4. The van der Waals surface area contributed by atoms with E-state index in [1.807, 2.05) is 25.5 Å². The minimum atomic E-state index is -3.48. The van der Waals surface area contributed by atoms with Gasteiger partial charge in [-0.05, 0) is 43.7 Å². The van der Waals surface area contributed by atoms with Crippen LogP contribution in [0.25, 0.3) is 16.8 Å². The Morgan fingerprint density at radius 2 is 1.94 bits per heavy atom. The van der Waals surface area contributed by atoms with Crippen molar-refractivity contribution in [3.63, 3.8) is 0 Å². The number of nitrogens with zero attached hydrogens (tertiary/aromatic N) is 6. The fourth-order valence-electron chi connectivity index (χ4n) is 4.22. The second kappa shape index (κ2) is 8.82. The van der Waals surface area contributed by atoms with E-state index in [-0.39, 0.29) is 4.90 Å². The van der Waals surface area contributed by atoms with Gasteiger partial charge in [0.2, 0.25) is 10.0 Å². The molecule has 0 spiro atoms. The molecule has 0 saturated carbocycles. The zero-order valence-electron chi connectivity index (χ0n) is 19.4. The first-order valence-corrected chi connectivity index (χ1v) is 12.6. The summed E-state index contributed by atoms with van der Waals surface area (Å²) in [6, 6.07) is 8.76. The standard InChI is InChI=1S/C23H28N8O2S/c1-29(2)34(32,33)19-8-6-18(7-9-19)27-22-11-21(16-5-4-10-24-12-16)28-23-20(14-26-31(22)23)17-13-25-30(3)15-17/h6-9,11,13-16,24,27H,4-5,10,12H2,1-3H3. The van der Waals surface area contributed by atoms with Gasteiger partial charge in [-0.2, -0.15) is 14.7 Å². The van der Waals surface area contributed by atoms with E-state index in [4.69, 9.17) is 4.98 Å². The topological polar surface area (TPSA) is 109 Å². The molecule has 1 aromatic carbocycles. The molecule has 1 atom stereocenters. The third-order valence-electron chi connectivity index (χ3n) is 6.13. The SMILES string of the molecule is CN(C)S(=O)(=O)c1ccc(Nc2cc(C3CCCNC3)nc3c(-c4cnn(C)c4)cnn23)cc1. The summed E-state index contributed by atoms with van der Waals surface area (Å²) in [6.45, 7) is 1.91. The predicted molar refractivity (Wildman–Crippen MR) is 131 cm³/mol. The minimum absolute atomic E-state index is 0.245. The van der Waals surface area contributed by atoms with E-state index in [1.54, 1.807) is 39.7 Å². The van der Waals surface area contributed by atoms with Crippen LogP contribution >= 0.6 is 0 Å². The Morgan fingerprint density at radius 1 is 1.15 bits per heavy atom. The van der Waals surface area contributed by atoms with Crippen molar-refractivity contribution in [2.75, 3.05) is 32.5 Å². The van der Waals surface area contributed by atoms with Gasteiger partial charge in [0.25, 0.3) is 0 Å². The Hall–Kier alpha value is -3.28. The van der Waals surface area contributed by atoms with E-state index >= 15 is 0 Å². The summed E-state index contributed by atoms with van der Waals surface area (Å²) in [5.74, 6) is 1.08. The van der Waals surface area contributed by atoms with Gasteiger partial charge in [-0.1, -0.05) is 0 Å². The second-order valence-corrected chi connectivity index (χ2v) is 10.9. The van der Waals surface area contributed by atoms with E-state index in [2.05, 4.69) is 20.8 Å². The first-order chi connectivity index (χ1) is 16.3. The van der Waals surface area contributed by atoms with Crippen LogP contribution in [0.1, 0.15) is 24.5 Å². The third kappa shape index (κ3) is 4.17. The van der Waals surface area contributed by atoms with Crippen LogP contribution in [0.15, 0.2) is 53.8 Å². The molecular weight excluding hydrogens is 452 g/mol. The molecular formula is C23H28N8O2S. The molecule has 2 N–H and O–H groups in total. The summed E-state index contributed by atoms with van der Waals surface area (Å²) in [6.07, 6.45) is 7.75. The number of hydrogen-bond donors (Lipinski definition) is 2. The molecule has 1 fully saturated rings. The molecule has 0 radical (unpaired) electrons. The number of piperidine rings is 1. The van der Waals surface area contributed by atoms with Crippen LogP contribution in [0.4, 0.5) is 11.5 Å². The van der Waals surface area contributed by atoms with Crippen molar-refractivity contribution in [1.82, 2.24) is 34.0 Å². The Balaban J connectivity index is 1.56. The van der Waals surface area contributed by atoms with Gasteiger partial charge in [-0.3, -0.25) is 4.68 Å². The highest BCUT2D eigenvalue weighted by Crippen LogP contribution is 2.31. The van der Waals surface area contributed by atoms with Crippen LogP contribution in [0.2, 0.25) is 0 Å². The summed E-state index contributed by atoms with van der Waals surface area (Å²) >= 11 is 0. The fourth-order valence-corrected chi connectivity index (χ4v) is 5.12. The molecule has 5 rings (SSSR count). The van der Waals surface area contributed by atoms with E-state index in [1.165, 1.54) is 18.4 Å². The normalized spacial score (nSPS) is 16.9. The van der Waals surface area contributed by atoms with Crippen molar-refractivity contribution in [3.8, 4) is 11.1 Å². The molecule has 3 aromatic heterocycles. The first kappa shape index (κ1) is 22.5. The molecule has 1 saturated heterocycles. The summed E-state index contributed by atoms with van der Waals surface area (Å²) in [7, 11) is 1.44. The van der Waals surface area contributed by atoms with Crippen molar-refractivity contribution in [1.29, 1.82) is 0 Å². The Morgan fingerprint density at radius 3 is 2.59 bits per heavy atom. The highest BCUT2D eigenvalue weighted by molar-refractivity contribution is 7.89. The van der Waals surface area contributed by atoms with E-state index < -0.39 is 10.0 Å². The van der Waals surface area contributed by atoms with Gasteiger partial charge >= 0.3 is 0 Å². The Labute approximate surface area is 198 Å². The Kier molecular flexibility index (Phi) is 5.84. The molecule has 1 aliphatic heterocycles. The highest BCUT2D eigenvalue weighted by Gasteiger charge is 2.21. The zero-order valence-corrected chi connectivity index (χ0v) is 20.2. The quantitative estimate of drug-likeness (QED) is 0.437. The van der Waals surface area contributed by atoms with Gasteiger partial charge < -0.3 is 10.6 Å². The van der Waals surface area contributed by atoms with Crippen LogP contribution in [-0.4, -0.2) is 64.3 Å². The molecule has 4 heterocycles. The van der Waals surface area contributed by atoms with Crippen LogP contribution in [0.5, 0.6) is 0 Å². The third-order valence-corrected chi connectivity index (χ3v) is 7.96. The van der Waals surface area contributed by atoms with Crippen LogP contribution in [0.3, 0.4) is 0 Å². The molecule has 4 aromatic rings. The molecule has 34 heavy (non-hydrogen) atoms. The van der Waals surface area contributed by atoms with Gasteiger partial charge in [0, 0.05) is 62.7 Å². The first-order valence-electron chi connectivity index (χ1n) is 11.2. The summed E-state index contributed by atoms with van der Waals surface area (Å²) in [4.78, 5) is 5.26. The van der Waals surface area contributed by atoms with Gasteiger partial charge in [-0.15, -0.1) is 0 Å². The number of aromatic nitrogens is 5. The smallest absolute Gasteiger partial charge is 0.242 e. The fraction of sp³-hybridized carbons (Fsp3) is 0.348. The number of rotatable bonds is 6. The summed E-state index contributed by atoms with van der Waals surface area (Å²) in [5.41, 5.74) is 4.38. The van der Waals surface area contributed by atoms with Gasteiger partial charge in [0.1, 0.15) is 5.82 Å². The van der Waals surface area contributed by atoms with Crippen molar-refractivity contribution < 1.29 is 8.42 Å². The maximum absolute atomic E-state index is 12.4. The minimum Gasteiger partial charge on any atom is -0.340 e. The lowest BCUT2D eigenvalue weighted by molar-refractivity contribution is 0.455. The molecule has 0 aliphatic carbocycles. The number of hydrogen-bond acceptors (Lipinski definition) is 7. The van der Waals surface area contributed by atoms with Crippen LogP contribution in [-0.2, 0) is 17.1 Å². The van der Waals surface area contributed by atoms with Crippen molar-refractivity contribution in [2.45, 2.75) is 23.7 Å². The predicted octanol–water partition coefficient (Wildman–Crippen LogP) is 2.59. The van der Waals surface area contributed by atoms with Gasteiger partial charge in [0.05, 0.1) is 23.0 Å².